The first-order chi connectivity index (χ1) is 12.0. The van der Waals surface area contributed by atoms with Crippen LogP contribution in [0.1, 0.15) is 24.0 Å². The summed E-state index contributed by atoms with van der Waals surface area (Å²) in [7, 11) is -3.57. The second-order valence-corrected chi connectivity index (χ2v) is 7.71. The van der Waals surface area contributed by atoms with Crippen molar-refractivity contribution >= 4 is 10.0 Å². The van der Waals surface area contributed by atoms with Crippen molar-refractivity contribution in [2.75, 3.05) is 6.61 Å². The molecule has 0 amide bonds. The molecule has 0 aliphatic carbocycles. The molecule has 0 unspecified atom stereocenters. The summed E-state index contributed by atoms with van der Waals surface area (Å²) in [6.45, 7) is 6.40. The van der Waals surface area contributed by atoms with E-state index in [0.717, 1.165) is 17.5 Å². The number of sulfonamides is 1. The highest BCUT2D eigenvalue weighted by Gasteiger charge is 2.19. The van der Waals surface area contributed by atoms with Crippen LogP contribution >= 0.6 is 0 Å². The number of nitrogens with one attached hydrogen (secondary N) is 1. The van der Waals surface area contributed by atoms with Gasteiger partial charge in [-0.1, -0.05) is 54.1 Å². The van der Waals surface area contributed by atoms with Gasteiger partial charge in [0.1, 0.15) is 0 Å². The van der Waals surface area contributed by atoms with E-state index in [1.165, 1.54) is 0 Å². The summed E-state index contributed by atoms with van der Waals surface area (Å²) in [6, 6.07) is 16.3. The standard InChI is InChI=1S/C20H25NO3S/c1-3-4-10-19(16-24-15-18-8-6-5-7-9-18)21-25(22,23)20-13-11-17(2)12-14-20/h3,5-9,11-14,19,21H,1,4,10,15-16H2,2H3/t19-/m1/s1. The van der Waals surface area contributed by atoms with E-state index >= 15 is 0 Å². The van der Waals surface area contributed by atoms with Crippen LogP contribution in [0.2, 0.25) is 0 Å². The monoisotopic (exact) mass is 359 g/mol. The van der Waals surface area contributed by atoms with E-state index in [-0.39, 0.29) is 10.9 Å². The molecular formula is C20H25NO3S. The number of aryl methyl sites for hydroxylation is 1. The number of allylic oxidation sites excluding steroid dienone is 1. The van der Waals surface area contributed by atoms with E-state index in [0.29, 0.717) is 19.6 Å². The van der Waals surface area contributed by atoms with Gasteiger partial charge in [0.25, 0.3) is 0 Å². The van der Waals surface area contributed by atoms with Crippen molar-refractivity contribution in [2.24, 2.45) is 0 Å². The van der Waals surface area contributed by atoms with Gasteiger partial charge in [0.15, 0.2) is 0 Å². The minimum Gasteiger partial charge on any atom is -0.375 e. The van der Waals surface area contributed by atoms with Gasteiger partial charge in [-0.25, -0.2) is 13.1 Å². The molecule has 0 aliphatic heterocycles. The maximum Gasteiger partial charge on any atom is 0.240 e. The van der Waals surface area contributed by atoms with Gasteiger partial charge in [0, 0.05) is 6.04 Å². The van der Waals surface area contributed by atoms with Gasteiger partial charge in [0.05, 0.1) is 18.1 Å². The first kappa shape index (κ1) is 19.4. The molecule has 0 saturated heterocycles. The SMILES string of the molecule is C=CCC[C@H](COCc1ccccc1)NS(=O)(=O)c1ccc(C)cc1. The Labute approximate surface area is 150 Å². The third kappa shape index (κ3) is 6.46. The topological polar surface area (TPSA) is 55.4 Å². The fourth-order valence-electron chi connectivity index (χ4n) is 2.39. The molecule has 2 aromatic rings. The fourth-order valence-corrected chi connectivity index (χ4v) is 3.65. The molecule has 0 spiro atoms. The molecule has 4 nitrogen and oxygen atoms in total. The summed E-state index contributed by atoms with van der Waals surface area (Å²) in [5.41, 5.74) is 2.08. The van der Waals surface area contributed by atoms with E-state index in [4.69, 9.17) is 4.74 Å². The second-order valence-electron chi connectivity index (χ2n) is 6.00. The van der Waals surface area contributed by atoms with Crippen molar-refractivity contribution in [3.05, 3.63) is 78.4 Å². The van der Waals surface area contributed by atoms with Gasteiger partial charge in [0.2, 0.25) is 10.0 Å². The molecule has 1 atom stereocenters. The van der Waals surface area contributed by atoms with Crippen LogP contribution in [0.25, 0.3) is 0 Å². The van der Waals surface area contributed by atoms with E-state index in [1.807, 2.05) is 37.3 Å². The molecule has 134 valence electrons. The van der Waals surface area contributed by atoms with Gasteiger partial charge in [-0.05, 0) is 37.5 Å². The second kappa shape index (κ2) is 9.51. The maximum absolute atomic E-state index is 12.6. The molecule has 0 saturated carbocycles. The fraction of sp³-hybridized carbons (Fsp3) is 0.300. The zero-order valence-electron chi connectivity index (χ0n) is 14.5. The first-order valence-corrected chi connectivity index (χ1v) is 9.81. The molecular weight excluding hydrogens is 334 g/mol. The Morgan fingerprint density at radius 3 is 2.44 bits per heavy atom. The van der Waals surface area contributed by atoms with Crippen molar-refractivity contribution in [3.63, 3.8) is 0 Å². The minimum absolute atomic E-state index is 0.268. The van der Waals surface area contributed by atoms with Crippen molar-refractivity contribution in [3.8, 4) is 0 Å². The molecule has 0 fully saturated rings. The highest BCUT2D eigenvalue weighted by atomic mass is 32.2. The average Bonchev–Trinajstić information content (AvgIpc) is 2.60. The number of hydrogen-bond donors (Lipinski definition) is 1. The summed E-state index contributed by atoms with van der Waals surface area (Å²) in [4.78, 5) is 0.268. The average molecular weight is 359 g/mol. The summed E-state index contributed by atoms with van der Waals surface area (Å²) < 4.78 is 33.6. The lowest BCUT2D eigenvalue weighted by atomic mass is 10.2. The van der Waals surface area contributed by atoms with Crippen LogP contribution in [0.3, 0.4) is 0 Å². The maximum atomic E-state index is 12.6. The van der Waals surface area contributed by atoms with Gasteiger partial charge >= 0.3 is 0 Å². The van der Waals surface area contributed by atoms with Crippen LogP contribution in [0, 0.1) is 6.92 Å². The Morgan fingerprint density at radius 1 is 1.12 bits per heavy atom. The Balaban J connectivity index is 1.98. The summed E-state index contributed by atoms with van der Waals surface area (Å²) in [5, 5.41) is 0. The van der Waals surface area contributed by atoms with Crippen molar-refractivity contribution < 1.29 is 13.2 Å². The minimum atomic E-state index is -3.57. The number of benzene rings is 2. The number of hydrogen-bond acceptors (Lipinski definition) is 3. The predicted octanol–water partition coefficient (Wildman–Crippen LogP) is 3.82. The third-order valence-electron chi connectivity index (χ3n) is 3.80. The normalized spacial score (nSPS) is 12.7. The van der Waals surface area contributed by atoms with Crippen LogP contribution in [-0.4, -0.2) is 21.1 Å². The largest absolute Gasteiger partial charge is 0.375 e. The van der Waals surface area contributed by atoms with Gasteiger partial charge in [-0.15, -0.1) is 6.58 Å². The van der Waals surface area contributed by atoms with E-state index in [9.17, 15) is 8.42 Å². The van der Waals surface area contributed by atoms with Gasteiger partial charge in [-0.3, -0.25) is 0 Å². The van der Waals surface area contributed by atoms with Crippen LogP contribution in [0.15, 0.2) is 72.1 Å². The van der Waals surface area contributed by atoms with E-state index in [1.54, 1.807) is 30.3 Å². The highest BCUT2D eigenvalue weighted by molar-refractivity contribution is 7.89. The molecule has 25 heavy (non-hydrogen) atoms. The lowest BCUT2D eigenvalue weighted by molar-refractivity contribution is 0.102. The summed E-state index contributed by atoms with van der Waals surface area (Å²) in [6.07, 6.45) is 3.14. The molecule has 0 heterocycles. The quantitative estimate of drug-likeness (QED) is 0.656. The van der Waals surface area contributed by atoms with Crippen molar-refractivity contribution in [1.82, 2.24) is 4.72 Å². The Bertz CT molecular complexity index is 755. The lowest BCUT2D eigenvalue weighted by Gasteiger charge is -2.18. The van der Waals surface area contributed by atoms with Crippen LogP contribution in [0.4, 0.5) is 0 Å². The van der Waals surface area contributed by atoms with Gasteiger partial charge < -0.3 is 4.74 Å². The molecule has 2 aromatic carbocycles. The molecule has 2 rings (SSSR count). The third-order valence-corrected chi connectivity index (χ3v) is 5.34. The molecule has 0 radical (unpaired) electrons. The van der Waals surface area contributed by atoms with E-state index in [2.05, 4.69) is 11.3 Å². The zero-order chi connectivity index (χ0) is 18.1. The molecule has 0 aromatic heterocycles. The smallest absolute Gasteiger partial charge is 0.240 e. The van der Waals surface area contributed by atoms with Crippen molar-refractivity contribution in [1.29, 1.82) is 0 Å². The molecule has 0 aliphatic rings. The van der Waals surface area contributed by atoms with Crippen LogP contribution in [0.5, 0.6) is 0 Å². The lowest BCUT2D eigenvalue weighted by Crippen LogP contribution is -2.38. The van der Waals surface area contributed by atoms with Crippen molar-refractivity contribution in [2.45, 2.75) is 37.3 Å². The summed E-state index contributed by atoms with van der Waals surface area (Å²) >= 11 is 0. The molecule has 5 heteroatoms. The number of ether oxygens (including phenoxy) is 1. The van der Waals surface area contributed by atoms with Gasteiger partial charge in [-0.2, -0.15) is 0 Å². The summed E-state index contributed by atoms with van der Waals surface area (Å²) in [5.74, 6) is 0. The molecule has 0 bridgehead atoms. The zero-order valence-corrected chi connectivity index (χ0v) is 15.3. The Kier molecular flexibility index (Phi) is 7.37. The highest BCUT2D eigenvalue weighted by Crippen LogP contribution is 2.12. The Morgan fingerprint density at radius 2 is 1.80 bits per heavy atom. The van der Waals surface area contributed by atoms with E-state index < -0.39 is 10.0 Å². The van der Waals surface area contributed by atoms with Crippen LogP contribution < -0.4 is 4.72 Å². The predicted molar refractivity (Wildman–Crippen MR) is 101 cm³/mol. The first-order valence-electron chi connectivity index (χ1n) is 8.33. The Hall–Kier alpha value is -1.95. The van der Waals surface area contributed by atoms with Crippen LogP contribution in [-0.2, 0) is 21.4 Å². The number of rotatable bonds is 10. The molecule has 1 N–H and O–H groups in total.